The molecule has 0 saturated heterocycles. The van der Waals surface area contributed by atoms with Gasteiger partial charge in [-0.2, -0.15) is 0 Å². The van der Waals surface area contributed by atoms with E-state index in [1.54, 1.807) is 0 Å². The third kappa shape index (κ3) is 20.2. The minimum Gasteiger partial charge on any atom is -0.748 e. The zero-order valence-corrected chi connectivity index (χ0v) is 21.8. The Bertz CT molecular complexity index is 415. The Labute approximate surface area is 197 Å². The molecule has 0 fully saturated rings. The van der Waals surface area contributed by atoms with E-state index in [4.69, 9.17) is 0 Å². The van der Waals surface area contributed by atoms with Crippen molar-refractivity contribution in [2.24, 2.45) is 0 Å². The maximum absolute atomic E-state index is 11.2. The first kappa shape index (κ1) is 31.1. The van der Waals surface area contributed by atoms with E-state index in [9.17, 15) is 18.1 Å². The maximum Gasteiger partial charge on any atom is 1.00 e. The van der Waals surface area contributed by atoms with E-state index in [-0.39, 0.29) is 35.7 Å². The smallest absolute Gasteiger partial charge is 0.748 e. The van der Waals surface area contributed by atoms with Gasteiger partial charge in [-0.3, -0.25) is 0 Å². The fraction of sp³-hybridized carbons (Fsp3) is 1.00. The molecule has 0 saturated carbocycles. The number of aliphatic hydroxyl groups excluding tert-OH is 1. The topological polar surface area (TPSA) is 77.4 Å². The molecule has 0 aromatic carbocycles. The van der Waals surface area contributed by atoms with Gasteiger partial charge in [0.2, 0.25) is 0 Å². The minimum atomic E-state index is -4.11. The van der Waals surface area contributed by atoms with Crippen LogP contribution in [0.15, 0.2) is 0 Å². The molecule has 6 heteroatoms. The Kier molecular flexibility index (Phi) is 23.4. The van der Waals surface area contributed by atoms with Crippen LogP contribution < -0.4 is 29.6 Å². The second kappa shape index (κ2) is 21.1. The van der Waals surface area contributed by atoms with Crippen LogP contribution >= 0.6 is 0 Å². The molecule has 0 aliphatic carbocycles. The summed E-state index contributed by atoms with van der Waals surface area (Å²) >= 11 is 0. The van der Waals surface area contributed by atoms with Crippen molar-refractivity contribution in [3.8, 4) is 0 Å². The summed E-state index contributed by atoms with van der Waals surface area (Å²) in [4.78, 5) is 0. The van der Waals surface area contributed by atoms with Crippen LogP contribution in [0.25, 0.3) is 0 Å². The summed E-state index contributed by atoms with van der Waals surface area (Å²) in [5.41, 5.74) is 0. The Morgan fingerprint density at radius 3 is 1.36 bits per heavy atom. The summed E-state index contributed by atoms with van der Waals surface area (Å²) in [6.07, 6.45) is 19.2. The monoisotopic (exact) mass is 428 g/mol. The van der Waals surface area contributed by atoms with E-state index < -0.39 is 15.4 Å². The molecule has 0 bridgehead atoms. The molecule has 0 aromatic rings. The third-order valence-corrected chi connectivity index (χ3v) is 6.74. The van der Waals surface area contributed by atoms with E-state index in [0.717, 1.165) is 51.4 Å². The molecule has 164 valence electrons. The van der Waals surface area contributed by atoms with Crippen LogP contribution in [-0.2, 0) is 10.1 Å². The minimum absolute atomic E-state index is 0. The Morgan fingerprint density at radius 1 is 0.643 bits per heavy atom. The molecule has 4 nitrogen and oxygen atoms in total. The molecular formula is C22H45NaO4S. The van der Waals surface area contributed by atoms with Gasteiger partial charge in [0.25, 0.3) is 0 Å². The van der Waals surface area contributed by atoms with Crippen molar-refractivity contribution in [2.75, 3.05) is 0 Å². The van der Waals surface area contributed by atoms with Crippen molar-refractivity contribution in [1.82, 2.24) is 0 Å². The Balaban J connectivity index is 0. The standard InChI is InChI=1S/C22H46O4S.Na/c1-3-17-21(23)19-15-13-11-9-7-5-6-8-10-12-14-16-20-22(18-4-2)27(24,25)26;/h21-23H,3-20H2,1-2H3,(H,24,25,26);/q;+1/p-1. The number of rotatable bonds is 20. The number of aliphatic hydroxyl groups is 1. The van der Waals surface area contributed by atoms with E-state index in [1.807, 2.05) is 6.92 Å². The van der Waals surface area contributed by atoms with Crippen LogP contribution in [0.4, 0.5) is 0 Å². The second-order valence-corrected chi connectivity index (χ2v) is 9.82. The predicted octanol–water partition coefficient (Wildman–Crippen LogP) is 3.33. The molecule has 28 heavy (non-hydrogen) atoms. The quantitative estimate of drug-likeness (QED) is 0.183. The molecule has 0 radical (unpaired) electrons. The first-order valence-electron chi connectivity index (χ1n) is 11.5. The fourth-order valence-electron chi connectivity index (χ4n) is 3.75. The summed E-state index contributed by atoms with van der Waals surface area (Å²) in [5.74, 6) is 0. The zero-order valence-electron chi connectivity index (χ0n) is 19.0. The van der Waals surface area contributed by atoms with Gasteiger partial charge in [0, 0.05) is 5.25 Å². The zero-order chi connectivity index (χ0) is 20.4. The van der Waals surface area contributed by atoms with Crippen molar-refractivity contribution in [1.29, 1.82) is 0 Å². The van der Waals surface area contributed by atoms with Crippen molar-refractivity contribution < 1.29 is 47.6 Å². The molecule has 0 spiro atoms. The number of hydrogen-bond donors (Lipinski definition) is 1. The van der Waals surface area contributed by atoms with Crippen molar-refractivity contribution in [2.45, 2.75) is 141 Å². The average molecular weight is 429 g/mol. The van der Waals surface area contributed by atoms with Gasteiger partial charge < -0.3 is 9.66 Å². The molecule has 0 rings (SSSR count). The molecule has 0 amide bonds. The largest absolute Gasteiger partial charge is 1.00 e. The first-order valence-corrected chi connectivity index (χ1v) is 13.0. The van der Waals surface area contributed by atoms with Crippen molar-refractivity contribution >= 4 is 10.1 Å². The molecular weight excluding hydrogens is 383 g/mol. The maximum atomic E-state index is 11.2. The van der Waals surface area contributed by atoms with Gasteiger partial charge in [0.1, 0.15) is 0 Å². The molecule has 0 aromatic heterocycles. The SMILES string of the molecule is CCCC(O)CCCCCCCCCCCCCCC(CCC)S(=O)(=O)[O-].[Na+]. The molecule has 2 atom stereocenters. The number of hydrogen-bond acceptors (Lipinski definition) is 4. The van der Waals surface area contributed by atoms with Crippen molar-refractivity contribution in [3.63, 3.8) is 0 Å². The van der Waals surface area contributed by atoms with Crippen LogP contribution in [0.2, 0.25) is 0 Å². The van der Waals surface area contributed by atoms with Gasteiger partial charge >= 0.3 is 29.6 Å². The summed E-state index contributed by atoms with van der Waals surface area (Å²) in [7, 11) is -4.11. The fourth-order valence-corrected chi connectivity index (χ4v) is 4.73. The van der Waals surface area contributed by atoms with Gasteiger partial charge in [-0.05, 0) is 25.7 Å². The van der Waals surface area contributed by atoms with Crippen LogP contribution in [0.5, 0.6) is 0 Å². The molecule has 2 unspecified atom stereocenters. The van der Waals surface area contributed by atoms with Crippen LogP contribution in [0.1, 0.15) is 129 Å². The predicted molar refractivity (Wildman–Crippen MR) is 114 cm³/mol. The van der Waals surface area contributed by atoms with Crippen LogP contribution in [0.3, 0.4) is 0 Å². The third-order valence-electron chi connectivity index (χ3n) is 5.45. The summed E-state index contributed by atoms with van der Waals surface area (Å²) in [6, 6.07) is 0. The van der Waals surface area contributed by atoms with E-state index in [1.165, 1.54) is 51.4 Å². The van der Waals surface area contributed by atoms with Crippen LogP contribution in [0, 0.1) is 0 Å². The summed E-state index contributed by atoms with van der Waals surface area (Å²) < 4.78 is 33.5. The summed E-state index contributed by atoms with van der Waals surface area (Å²) in [6.45, 7) is 4.05. The van der Waals surface area contributed by atoms with Gasteiger partial charge in [-0.25, -0.2) is 8.42 Å². The molecule has 1 N–H and O–H groups in total. The van der Waals surface area contributed by atoms with E-state index in [2.05, 4.69) is 6.92 Å². The molecule has 0 heterocycles. The van der Waals surface area contributed by atoms with E-state index in [0.29, 0.717) is 12.8 Å². The van der Waals surface area contributed by atoms with Gasteiger partial charge in [0.15, 0.2) is 0 Å². The second-order valence-electron chi connectivity index (χ2n) is 8.17. The van der Waals surface area contributed by atoms with Gasteiger partial charge in [-0.1, -0.05) is 104 Å². The first-order chi connectivity index (χ1) is 12.9. The summed E-state index contributed by atoms with van der Waals surface area (Å²) in [5, 5.41) is 9.00. The molecule has 0 aliphatic heterocycles. The Hall–Kier alpha value is 0.870. The normalized spacial score (nSPS) is 13.9. The van der Waals surface area contributed by atoms with Gasteiger partial charge in [0.05, 0.1) is 16.2 Å². The van der Waals surface area contributed by atoms with E-state index >= 15 is 0 Å². The van der Waals surface area contributed by atoms with Crippen molar-refractivity contribution in [3.05, 3.63) is 0 Å². The Morgan fingerprint density at radius 2 is 1.00 bits per heavy atom. The average Bonchev–Trinajstić information content (AvgIpc) is 2.60. The van der Waals surface area contributed by atoms with Gasteiger partial charge in [-0.15, -0.1) is 0 Å². The molecule has 0 aliphatic rings. The number of unbranched alkanes of at least 4 members (excludes halogenated alkanes) is 11. The van der Waals surface area contributed by atoms with Crippen LogP contribution in [-0.4, -0.2) is 29.4 Å².